The average molecular weight is 240 g/mol. The quantitative estimate of drug-likeness (QED) is 0.664. The lowest BCUT2D eigenvalue weighted by atomic mass is 9.98. The number of nitrogens with two attached hydrogens (primary N) is 1. The molecule has 0 saturated heterocycles. The topological polar surface area (TPSA) is 75.4 Å². The minimum Gasteiger partial charge on any atom is -0.382 e. The van der Waals surface area contributed by atoms with Crippen molar-refractivity contribution in [3.05, 3.63) is 0 Å². The van der Waals surface area contributed by atoms with Gasteiger partial charge in [-0.25, -0.2) is 0 Å². The smallest absolute Gasteiger partial charge is 0.382 e. The number of halogens is 3. The van der Waals surface area contributed by atoms with Gasteiger partial charge in [-0.05, 0) is 12.8 Å². The molecule has 1 rings (SSSR count). The van der Waals surface area contributed by atoms with Crippen molar-refractivity contribution in [2.24, 2.45) is 5.73 Å². The fraction of sp³-hybridized carbons (Fsp3) is 0.889. The van der Waals surface area contributed by atoms with Crippen molar-refractivity contribution in [1.82, 2.24) is 5.32 Å². The number of amides is 1. The zero-order valence-corrected chi connectivity index (χ0v) is 8.68. The van der Waals surface area contributed by atoms with Gasteiger partial charge >= 0.3 is 6.18 Å². The standard InChI is InChI=1S/C9H15F3N2O2/c10-9(11,12)6(15)5-14-7(16)8(13)3-1-2-4-8/h6,15H,1-5,13H2,(H,14,16). The lowest BCUT2D eigenvalue weighted by Crippen LogP contribution is -2.54. The van der Waals surface area contributed by atoms with Crippen LogP contribution >= 0.6 is 0 Å². The van der Waals surface area contributed by atoms with Gasteiger partial charge in [0.15, 0.2) is 6.10 Å². The Morgan fingerprint density at radius 2 is 1.94 bits per heavy atom. The third-order valence-electron chi connectivity index (χ3n) is 2.78. The maximum absolute atomic E-state index is 11.9. The van der Waals surface area contributed by atoms with Gasteiger partial charge in [0.05, 0.1) is 12.1 Å². The Kier molecular flexibility index (Phi) is 3.80. The van der Waals surface area contributed by atoms with E-state index in [4.69, 9.17) is 10.8 Å². The number of nitrogens with one attached hydrogen (secondary N) is 1. The molecule has 1 fully saturated rings. The average Bonchev–Trinajstić information content (AvgIpc) is 2.60. The lowest BCUT2D eigenvalue weighted by molar-refractivity contribution is -0.202. The molecule has 94 valence electrons. The lowest BCUT2D eigenvalue weighted by Gasteiger charge is -2.23. The molecule has 7 heteroatoms. The number of carbonyl (C=O) groups excluding carboxylic acids is 1. The number of aliphatic hydroxyl groups excluding tert-OH is 1. The second-order valence-electron chi connectivity index (χ2n) is 4.13. The van der Waals surface area contributed by atoms with Gasteiger partial charge < -0.3 is 16.2 Å². The fourth-order valence-electron chi connectivity index (χ4n) is 1.71. The molecule has 1 amide bonds. The van der Waals surface area contributed by atoms with Crippen LogP contribution in [0.2, 0.25) is 0 Å². The Morgan fingerprint density at radius 3 is 2.38 bits per heavy atom. The summed E-state index contributed by atoms with van der Waals surface area (Å²) in [6.45, 7) is -0.846. The fourth-order valence-corrected chi connectivity index (χ4v) is 1.71. The minimum atomic E-state index is -4.72. The van der Waals surface area contributed by atoms with E-state index in [2.05, 4.69) is 0 Å². The summed E-state index contributed by atoms with van der Waals surface area (Å²) >= 11 is 0. The number of hydrogen-bond acceptors (Lipinski definition) is 3. The van der Waals surface area contributed by atoms with Gasteiger partial charge in [0.25, 0.3) is 0 Å². The number of hydrogen-bond donors (Lipinski definition) is 3. The predicted molar refractivity (Wildman–Crippen MR) is 50.5 cm³/mol. The third kappa shape index (κ3) is 3.08. The van der Waals surface area contributed by atoms with Crippen LogP contribution < -0.4 is 11.1 Å². The van der Waals surface area contributed by atoms with Crippen molar-refractivity contribution in [3.8, 4) is 0 Å². The molecule has 1 saturated carbocycles. The van der Waals surface area contributed by atoms with Crippen molar-refractivity contribution < 1.29 is 23.1 Å². The summed E-state index contributed by atoms with van der Waals surface area (Å²) in [5, 5.41) is 10.7. The summed E-state index contributed by atoms with van der Waals surface area (Å²) in [4.78, 5) is 11.5. The Morgan fingerprint density at radius 1 is 1.44 bits per heavy atom. The zero-order chi connectivity index (χ0) is 12.4. The van der Waals surface area contributed by atoms with Crippen molar-refractivity contribution in [2.45, 2.75) is 43.5 Å². The van der Waals surface area contributed by atoms with Crippen molar-refractivity contribution in [2.75, 3.05) is 6.54 Å². The number of aliphatic hydroxyl groups is 1. The number of alkyl halides is 3. The molecule has 0 aliphatic heterocycles. The van der Waals surface area contributed by atoms with Crippen LogP contribution in [0.4, 0.5) is 13.2 Å². The van der Waals surface area contributed by atoms with Crippen LogP contribution in [0.1, 0.15) is 25.7 Å². The summed E-state index contributed by atoms with van der Waals surface area (Å²) in [5.41, 5.74) is 4.66. The number of rotatable bonds is 3. The Labute approximate surface area is 91.0 Å². The normalized spacial score (nSPS) is 21.8. The van der Waals surface area contributed by atoms with Crippen molar-refractivity contribution in [3.63, 3.8) is 0 Å². The second kappa shape index (κ2) is 4.58. The van der Waals surface area contributed by atoms with E-state index in [0.717, 1.165) is 12.8 Å². The van der Waals surface area contributed by atoms with Gasteiger partial charge in [-0.15, -0.1) is 0 Å². The van der Waals surface area contributed by atoms with Crippen LogP contribution in [0, 0.1) is 0 Å². The van der Waals surface area contributed by atoms with Crippen LogP contribution in [0.5, 0.6) is 0 Å². The first-order valence-corrected chi connectivity index (χ1v) is 5.08. The van der Waals surface area contributed by atoms with E-state index in [1.807, 2.05) is 5.32 Å². The van der Waals surface area contributed by atoms with E-state index < -0.39 is 30.3 Å². The highest BCUT2D eigenvalue weighted by Crippen LogP contribution is 2.27. The molecule has 4 nitrogen and oxygen atoms in total. The highest BCUT2D eigenvalue weighted by molar-refractivity contribution is 5.86. The summed E-state index contributed by atoms with van der Waals surface area (Å²) in [6, 6.07) is 0. The van der Waals surface area contributed by atoms with Gasteiger partial charge in [-0.3, -0.25) is 4.79 Å². The molecule has 0 spiro atoms. The molecular formula is C9H15F3N2O2. The summed E-state index contributed by atoms with van der Waals surface area (Å²) in [6.07, 6.45) is -4.72. The molecule has 0 aromatic rings. The third-order valence-corrected chi connectivity index (χ3v) is 2.78. The molecule has 1 aliphatic rings. The maximum atomic E-state index is 11.9. The van der Waals surface area contributed by atoms with Gasteiger partial charge in [0, 0.05) is 0 Å². The van der Waals surface area contributed by atoms with Crippen LogP contribution in [-0.4, -0.2) is 35.4 Å². The van der Waals surface area contributed by atoms with Crippen LogP contribution in [0.3, 0.4) is 0 Å². The van der Waals surface area contributed by atoms with Gasteiger partial charge in [-0.2, -0.15) is 13.2 Å². The first-order chi connectivity index (χ1) is 7.26. The van der Waals surface area contributed by atoms with Crippen molar-refractivity contribution in [1.29, 1.82) is 0 Å². The number of carbonyl (C=O) groups is 1. The Hall–Kier alpha value is -0.820. The first kappa shape index (κ1) is 13.2. The van der Waals surface area contributed by atoms with E-state index in [9.17, 15) is 18.0 Å². The zero-order valence-electron chi connectivity index (χ0n) is 8.68. The second-order valence-corrected chi connectivity index (χ2v) is 4.13. The molecule has 0 aromatic carbocycles. The molecule has 0 radical (unpaired) electrons. The van der Waals surface area contributed by atoms with Crippen LogP contribution in [-0.2, 0) is 4.79 Å². The summed E-state index contributed by atoms with van der Waals surface area (Å²) in [7, 11) is 0. The van der Waals surface area contributed by atoms with Crippen LogP contribution in [0.25, 0.3) is 0 Å². The predicted octanol–water partition coefficient (Wildman–Crippen LogP) is 0.297. The van der Waals surface area contributed by atoms with Gasteiger partial charge in [0.2, 0.25) is 5.91 Å². The molecule has 0 heterocycles. The Balaban J connectivity index is 2.41. The molecule has 4 N–H and O–H groups in total. The van der Waals surface area contributed by atoms with E-state index in [1.54, 1.807) is 0 Å². The van der Waals surface area contributed by atoms with Crippen molar-refractivity contribution >= 4 is 5.91 Å². The SMILES string of the molecule is NC1(C(=O)NCC(O)C(F)(F)F)CCCC1. The first-order valence-electron chi connectivity index (χ1n) is 5.08. The summed E-state index contributed by atoms with van der Waals surface area (Å²) in [5.74, 6) is -0.617. The monoisotopic (exact) mass is 240 g/mol. The van der Waals surface area contributed by atoms with Gasteiger partial charge in [0.1, 0.15) is 0 Å². The highest BCUT2D eigenvalue weighted by Gasteiger charge is 2.41. The van der Waals surface area contributed by atoms with E-state index >= 15 is 0 Å². The van der Waals surface area contributed by atoms with Gasteiger partial charge in [-0.1, -0.05) is 12.8 Å². The largest absolute Gasteiger partial charge is 0.416 e. The molecule has 1 unspecified atom stereocenters. The molecule has 0 bridgehead atoms. The van der Waals surface area contributed by atoms with Crippen LogP contribution in [0.15, 0.2) is 0 Å². The Bertz CT molecular complexity index is 262. The van der Waals surface area contributed by atoms with E-state index in [1.165, 1.54) is 0 Å². The van der Waals surface area contributed by atoms with E-state index in [-0.39, 0.29) is 0 Å². The molecule has 0 aromatic heterocycles. The van der Waals surface area contributed by atoms with E-state index in [0.29, 0.717) is 12.8 Å². The molecule has 16 heavy (non-hydrogen) atoms. The highest BCUT2D eigenvalue weighted by atomic mass is 19.4. The molecule has 1 aliphatic carbocycles. The molecular weight excluding hydrogens is 225 g/mol. The summed E-state index contributed by atoms with van der Waals surface area (Å²) < 4.78 is 35.8. The maximum Gasteiger partial charge on any atom is 0.416 e. The molecule has 1 atom stereocenters. The minimum absolute atomic E-state index is 0.473.